The van der Waals surface area contributed by atoms with Gasteiger partial charge in [0.1, 0.15) is 5.82 Å². The number of likely N-dealkylation sites (tertiary alicyclic amines) is 1. The lowest BCUT2D eigenvalue weighted by atomic mass is 9.86. The summed E-state index contributed by atoms with van der Waals surface area (Å²) in [6.07, 6.45) is 17.5. The third-order valence-electron chi connectivity index (χ3n) is 5.70. The second-order valence-corrected chi connectivity index (χ2v) is 7.76. The molecule has 0 unspecified atom stereocenters. The Morgan fingerprint density at radius 1 is 1.26 bits per heavy atom. The maximum absolute atomic E-state index is 11.1. The third-order valence-corrected chi connectivity index (χ3v) is 5.70. The fourth-order valence-electron chi connectivity index (χ4n) is 4.16. The van der Waals surface area contributed by atoms with Gasteiger partial charge in [-0.1, -0.05) is 32.1 Å². The average molecular weight is 373 g/mol. The van der Waals surface area contributed by atoms with Crippen molar-refractivity contribution in [3.8, 4) is 0 Å². The van der Waals surface area contributed by atoms with E-state index in [-0.39, 0.29) is 0 Å². The number of aromatic nitrogens is 2. The SMILES string of the molecule is COC(=O)C=Cc1cnc(N[C@@H]2CCN(CCCC3CCCCC3)C2)cn1. The van der Waals surface area contributed by atoms with Gasteiger partial charge in [0.2, 0.25) is 0 Å². The van der Waals surface area contributed by atoms with Gasteiger partial charge < -0.3 is 15.0 Å². The van der Waals surface area contributed by atoms with Crippen molar-refractivity contribution < 1.29 is 9.53 Å². The van der Waals surface area contributed by atoms with Crippen molar-refractivity contribution in [1.29, 1.82) is 0 Å². The molecular formula is C21H32N4O2. The number of carbonyl (C=O) groups is 1. The van der Waals surface area contributed by atoms with Crippen molar-refractivity contribution in [3.05, 3.63) is 24.2 Å². The summed E-state index contributed by atoms with van der Waals surface area (Å²) in [6, 6.07) is 0.436. The minimum absolute atomic E-state index is 0.395. The number of anilines is 1. The molecule has 1 atom stereocenters. The van der Waals surface area contributed by atoms with Gasteiger partial charge in [-0.15, -0.1) is 0 Å². The standard InChI is InChI=1S/C21H32N4O2/c1-27-21(26)10-9-18-14-23-20(15-22-18)24-19-11-13-25(16-19)12-5-8-17-6-3-2-4-7-17/h9-10,14-15,17,19H,2-8,11-13,16H2,1H3,(H,23,24)/t19-/m1/s1. The molecule has 1 saturated heterocycles. The normalized spacial score (nSPS) is 21.6. The monoisotopic (exact) mass is 372 g/mol. The van der Waals surface area contributed by atoms with E-state index in [0.29, 0.717) is 11.7 Å². The molecule has 1 N–H and O–H groups in total. The smallest absolute Gasteiger partial charge is 0.330 e. The highest BCUT2D eigenvalue weighted by atomic mass is 16.5. The van der Waals surface area contributed by atoms with Crippen LogP contribution in [0.25, 0.3) is 6.08 Å². The number of nitrogens with zero attached hydrogens (tertiary/aromatic N) is 3. The lowest BCUT2D eigenvalue weighted by molar-refractivity contribution is -0.134. The second-order valence-electron chi connectivity index (χ2n) is 7.76. The lowest BCUT2D eigenvalue weighted by Gasteiger charge is -2.23. The fraction of sp³-hybridized carbons (Fsp3) is 0.667. The highest BCUT2D eigenvalue weighted by Gasteiger charge is 2.22. The highest BCUT2D eigenvalue weighted by molar-refractivity contribution is 5.86. The molecular weight excluding hydrogens is 340 g/mol. The minimum Gasteiger partial charge on any atom is -0.466 e. The maximum atomic E-state index is 11.1. The van der Waals surface area contributed by atoms with Crippen LogP contribution in [0.4, 0.5) is 5.82 Å². The van der Waals surface area contributed by atoms with E-state index in [1.54, 1.807) is 18.5 Å². The largest absolute Gasteiger partial charge is 0.466 e. The molecule has 0 aromatic carbocycles. The van der Waals surface area contributed by atoms with Gasteiger partial charge >= 0.3 is 5.97 Å². The van der Waals surface area contributed by atoms with E-state index in [4.69, 9.17) is 0 Å². The third kappa shape index (κ3) is 6.61. The molecule has 1 aromatic heterocycles. The number of methoxy groups -OCH3 is 1. The van der Waals surface area contributed by atoms with Crippen molar-refractivity contribution in [1.82, 2.24) is 14.9 Å². The number of rotatable bonds is 8. The molecule has 1 aromatic rings. The number of ether oxygens (including phenoxy) is 1. The molecule has 1 aliphatic carbocycles. The van der Waals surface area contributed by atoms with Crippen molar-refractivity contribution >= 4 is 17.9 Å². The topological polar surface area (TPSA) is 67.3 Å². The lowest BCUT2D eigenvalue weighted by Crippen LogP contribution is -2.27. The van der Waals surface area contributed by atoms with Crippen molar-refractivity contribution in [2.24, 2.45) is 5.92 Å². The van der Waals surface area contributed by atoms with Crippen LogP contribution in [0.3, 0.4) is 0 Å². The number of esters is 1. The fourth-order valence-corrected chi connectivity index (χ4v) is 4.16. The van der Waals surface area contributed by atoms with E-state index in [2.05, 4.69) is 24.9 Å². The van der Waals surface area contributed by atoms with Crippen LogP contribution in [-0.4, -0.2) is 53.6 Å². The van der Waals surface area contributed by atoms with Gasteiger partial charge in [0.15, 0.2) is 0 Å². The Labute approximate surface area is 162 Å². The summed E-state index contributed by atoms with van der Waals surface area (Å²) in [5.41, 5.74) is 0.640. The molecule has 0 spiro atoms. The Kier molecular flexibility index (Phi) is 7.63. The zero-order valence-electron chi connectivity index (χ0n) is 16.4. The molecule has 6 nitrogen and oxygen atoms in total. The molecule has 1 saturated carbocycles. The van der Waals surface area contributed by atoms with Crippen LogP contribution < -0.4 is 5.32 Å². The Balaban J connectivity index is 1.36. The van der Waals surface area contributed by atoms with Crippen LogP contribution in [0, 0.1) is 5.92 Å². The van der Waals surface area contributed by atoms with E-state index >= 15 is 0 Å². The van der Waals surface area contributed by atoms with Crippen LogP contribution in [0.1, 0.15) is 57.1 Å². The predicted molar refractivity (Wildman–Crippen MR) is 107 cm³/mol. The van der Waals surface area contributed by atoms with Gasteiger partial charge in [-0.25, -0.2) is 9.78 Å². The van der Waals surface area contributed by atoms with Crippen LogP contribution >= 0.6 is 0 Å². The van der Waals surface area contributed by atoms with E-state index < -0.39 is 5.97 Å². The first-order valence-corrected chi connectivity index (χ1v) is 10.3. The number of carbonyl (C=O) groups excluding carboxylic acids is 1. The Morgan fingerprint density at radius 3 is 2.85 bits per heavy atom. The summed E-state index contributed by atoms with van der Waals surface area (Å²) in [4.78, 5) is 22.4. The van der Waals surface area contributed by atoms with Crippen molar-refractivity contribution in [2.75, 3.05) is 32.1 Å². The van der Waals surface area contributed by atoms with E-state index in [0.717, 1.165) is 31.2 Å². The zero-order valence-corrected chi connectivity index (χ0v) is 16.4. The van der Waals surface area contributed by atoms with Crippen LogP contribution in [0.15, 0.2) is 18.5 Å². The van der Waals surface area contributed by atoms with Gasteiger partial charge in [-0.3, -0.25) is 4.98 Å². The molecule has 1 aliphatic heterocycles. The van der Waals surface area contributed by atoms with Crippen LogP contribution in [-0.2, 0) is 9.53 Å². The molecule has 2 fully saturated rings. The van der Waals surface area contributed by atoms with Crippen LogP contribution in [0.5, 0.6) is 0 Å². The van der Waals surface area contributed by atoms with E-state index in [9.17, 15) is 4.79 Å². The highest BCUT2D eigenvalue weighted by Crippen LogP contribution is 2.27. The van der Waals surface area contributed by atoms with Crippen molar-refractivity contribution in [2.45, 2.75) is 57.4 Å². The van der Waals surface area contributed by atoms with Gasteiger partial charge in [0.25, 0.3) is 0 Å². The number of hydrogen-bond donors (Lipinski definition) is 1. The summed E-state index contributed by atoms with van der Waals surface area (Å²) < 4.78 is 4.57. The van der Waals surface area contributed by atoms with E-state index in [1.807, 2.05) is 0 Å². The summed E-state index contributed by atoms with van der Waals surface area (Å²) in [7, 11) is 1.35. The molecule has 0 radical (unpaired) electrons. The Hall–Kier alpha value is -1.95. The molecule has 2 aliphatic rings. The number of nitrogens with one attached hydrogen (secondary N) is 1. The van der Waals surface area contributed by atoms with Gasteiger partial charge in [0.05, 0.1) is 25.2 Å². The molecule has 0 amide bonds. The molecule has 3 rings (SSSR count). The predicted octanol–water partition coefficient (Wildman–Crippen LogP) is 3.51. The summed E-state index contributed by atoms with van der Waals surface area (Å²) in [5.74, 6) is 1.38. The molecule has 6 heteroatoms. The van der Waals surface area contributed by atoms with Gasteiger partial charge in [0, 0.05) is 25.2 Å². The first kappa shape index (κ1) is 19.8. The maximum Gasteiger partial charge on any atom is 0.330 e. The first-order chi connectivity index (χ1) is 13.2. The summed E-state index contributed by atoms with van der Waals surface area (Å²) in [6.45, 7) is 3.46. The Bertz CT molecular complexity index is 611. The van der Waals surface area contributed by atoms with Gasteiger partial charge in [-0.2, -0.15) is 0 Å². The minimum atomic E-state index is -0.395. The average Bonchev–Trinajstić information content (AvgIpc) is 3.15. The number of hydrogen-bond acceptors (Lipinski definition) is 6. The Morgan fingerprint density at radius 2 is 2.11 bits per heavy atom. The molecule has 2 heterocycles. The van der Waals surface area contributed by atoms with Crippen LogP contribution in [0.2, 0.25) is 0 Å². The summed E-state index contributed by atoms with van der Waals surface area (Å²) in [5, 5.41) is 3.48. The van der Waals surface area contributed by atoms with Crippen molar-refractivity contribution in [3.63, 3.8) is 0 Å². The molecule has 0 bridgehead atoms. The van der Waals surface area contributed by atoms with Gasteiger partial charge in [-0.05, 0) is 37.8 Å². The molecule has 148 valence electrons. The summed E-state index contributed by atoms with van der Waals surface area (Å²) >= 11 is 0. The molecule has 27 heavy (non-hydrogen) atoms. The van der Waals surface area contributed by atoms with E-state index in [1.165, 1.54) is 64.7 Å². The second kappa shape index (κ2) is 10.4. The first-order valence-electron chi connectivity index (χ1n) is 10.3. The quantitative estimate of drug-likeness (QED) is 0.556. The zero-order chi connectivity index (χ0) is 18.9.